The molecule has 4 heteroatoms. The van der Waals surface area contributed by atoms with E-state index < -0.39 is 17.6 Å². The zero-order valence-electron chi connectivity index (χ0n) is 9.78. The van der Waals surface area contributed by atoms with E-state index in [4.69, 9.17) is 4.74 Å². The zero-order chi connectivity index (χ0) is 12.3. The van der Waals surface area contributed by atoms with Crippen LogP contribution in [0.3, 0.4) is 0 Å². The molecule has 1 N–H and O–H groups in total. The first-order valence-electron chi connectivity index (χ1n) is 5.80. The van der Waals surface area contributed by atoms with E-state index in [0.717, 1.165) is 5.56 Å². The van der Waals surface area contributed by atoms with E-state index in [1.54, 1.807) is 6.92 Å². The van der Waals surface area contributed by atoms with Crippen LogP contribution >= 0.6 is 0 Å². The van der Waals surface area contributed by atoms with Crippen LogP contribution in [0, 0.1) is 0 Å². The molecular weight excluding hydrogens is 221 g/mol. The summed E-state index contributed by atoms with van der Waals surface area (Å²) in [5.74, 6) is -1.23. The molecule has 2 atom stereocenters. The van der Waals surface area contributed by atoms with Crippen molar-refractivity contribution in [3.8, 4) is 0 Å². The molecule has 0 spiro atoms. The molecule has 0 aliphatic carbocycles. The van der Waals surface area contributed by atoms with Crippen LogP contribution in [0.4, 0.5) is 4.39 Å². The number of nitrogens with one attached hydrogen (secondary N) is 1. The van der Waals surface area contributed by atoms with E-state index in [2.05, 4.69) is 5.32 Å². The van der Waals surface area contributed by atoms with Crippen LogP contribution in [0.2, 0.25) is 0 Å². The van der Waals surface area contributed by atoms with Gasteiger partial charge in [-0.15, -0.1) is 0 Å². The Morgan fingerprint density at radius 1 is 1.53 bits per heavy atom. The Balaban J connectivity index is 2.25. The lowest BCUT2D eigenvalue weighted by Crippen LogP contribution is -2.42. The molecule has 1 fully saturated rings. The van der Waals surface area contributed by atoms with E-state index in [-0.39, 0.29) is 13.2 Å². The van der Waals surface area contributed by atoms with E-state index in [1.165, 1.54) is 0 Å². The summed E-state index contributed by atoms with van der Waals surface area (Å²) in [5, 5.41) is 2.92. The molecule has 92 valence electrons. The molecule has 2 unspecified atom stereocenters. The summed E-state index contributed by atoms with van der Waals surface area (Å²) in [4.78, 5) is 11.7. The molecular formula is C13H16FNO2. The summed E-state index contributed by atoms with van der Waals surface area (Å²) < 4.78 is 19.5. The first-order valence-corrected chi connectivity index (χ1v) is 5.80. The summed E-state index contributed by atoms with van der Waals surface area (Å²) in [5.41, 5.74) is -1.12. The fourth-order valence-corrected chi connectivity index (χ4v) is 2.22. The second-order valence-electron chi connectivity index (χ2n) is 4.18. The third kappa shape index (κ3) is 2.17. The Hall–Kier alpha value is -1.42. The number of halogens is 1. The Morgan fingerprint density at radius 3 is 2.88 bits per heavy atom. The van der Waals surface area contributed by atoms with Crippen molar-refractivity contribution in [1.29, 1.82) is 0 Å². The third-order valence-corrected chi connectivity index (χ3v) is 3.10. The van der Waals surface area contributed by atoms with Crippen LogP contribution in [0.25, 0.3) is 0 Å². The van der Waals surface area contributed by atoms with E-state index in [9.17, 15) is 9.18 Å². The molecule has 1 aliphatic rings. The van der Waals surface area contributed by atoms with Gasteiger partial charge in [0.25, 0.3) is 0 Å². The smallest absolute Gasteiger partial charge is 0.345 e. The fourth-order valence-electron chi connectivity index (χ4n) is 2.22. The number of hydrogen-bond donors (Lipinski definition) is 1. The van der Waals surface area contributed by atoms with Gasteiger partial charge < -0.3 is 10.1 Å². The number of benzene rings is 1. The van der Waals surface area contributed by atoms with Gasteiger partial charge in [-0.05, 0) is 12.5 Å². The molecule has 1 aromatic carbocycles. The molecule has 17 heavy (non-hydrogen) atoms. The molecule has 1 saturated heterocycles. The number of carbonyl (C=O) groups excluding carboxylic acids is 1. The van der Waals surface area contributed by atoms with Crippen molar-refractivity contribution in [2.24, 2.45) is 0 Å². The molecule has 0 saturated carbocycles. The Labute approximate surface area is 100.0 Å². The maximum Gasteiger partial charge on any atom is 0.345 e. The number of rotatable bonds is 3. The monoisotopic (exact) mass is 237 g/mol. The SMILES string of the molecule is CCOC(=O)C1(F)CNCC1c1ccccc1. The van der Waals surface area contributed by atoms with Crippen molar-refractivity contribution in [2.45, 2.75) is 18.5 Å². The van der Waals surface area contributed by atoms with Gasteiger partial charge in [-0.1, -0.05) is 30.3 Å². The maximum atomic E-state index is 14.7. The number of alkyl halides is 1. The van der Waals surface area contributed by atoms with E-state index in [1.807, 2.05) is 30.3 Å². The summed E-state index contributed by atoms with van der Waals surface area (Å²) in [7, 11) is 0. The van der Waals surface area contributed by atoms with Crippen molar-refractivity contribution in [3.05, 3.63) is 35.9 Å². The van der Waals surface area contributed by atoms with Gasteiger partial charge in [0, 0.05) is 19.0 Å². The molecule has 1 aliphatic heterocycles. The normalized spacial score (nSPS) is 28.0. The summed E-state index contributed by atoms with van der Waals surface area (Å²) in [6.07, 6.45) is 0. The van der Waals surface area contributed by atoms with Crippen LogP contribution in [-0.4, -0.2) is 31.3 Å². The summed E-state index contributed by atoms with van der Waals surface area (Å²) in [6, 6.07) is 9.24. The van der Waals surface area contributed by atoms with Gasteiger partial charge in [0.05, 0.1) is 6.61 Å². The predicted molar refractivity (Wildman–Crippen MR) is 62.5 cm³/mol. The minimum absolute atomic E-state index is 0.0192. The fraction of sp³-hybridized carbons (Fsp3) is 0.462. The van der Waals surface area contributed by atoms with Crippen molar-refractivity contribution in [1.82, 2.24) is 5.32 Å². The first kappa shape index (κ1) is 12.0. The van der Waals surface area contributed by atoms with Gasteiger partial charge in [0.1, 0.15) is 0 Å². The number of esters is 1. The van der Waals surface area contributed by atoms with E-state index in [0.29, 0.717) is 6.54 Å². The van der Waals surface area contributed by atoms with Crippen molar-refractivity contribution < 1.29 is 13.9 Å². The first-order chi connectivity index (χ1) is 8.18. The topological polar surface area (TPSA) is 38.3 Å². The number of carbonyl (C=O) groups is 1. The minimum atomic E-state index is -1.95. The zero-order valence-corrected chi connectivity index (χ0v) is 9.78. The molecule has 0 radical (unpaired) electrons. The summed E-state index contributed by atoms with van der Waals surface area (Å²) in [6.45, 7) is 2.36. The highest BCUT2D eigenvalue weighted by molar-refractivity contribution is 5.82. The molecule has 0 bridgehead atoms. The molecule has 0 amide bonds. The van der Waals surface area contributed by atoms with Gasteiger partial charge in [-0.25, -0.2) is 9.18 Å². The highest BCUT2D eigenvalue weighted by Crippen LogP contribution is 2.36. The van der Waals surface area contributed by atoms with Gasteiger partial charge in [-0.3, -0.25) is 0 Å². The molecule has 0 aromatic heterocycles. The van der Waals surface area contributed by atoms with Crippen LogP contribution < -0.4 is 5.32 Å². The highest BCUT2D eigenvalue weighted by Gasteiger charge is 2.51. The van der Waals surface area contributed by atoms with Gasteiger partial charge in [0.2, 0.25) is 5.67 Å². The van der Waals surface area contributed by atoms with Gasteiger partial charge >= 0.3 is 5.97 Å². The van der Waals surface area contributed by atoms with Gasteiger partial charge in [-0.2, -0.15) is 0 Å². The van der Waals surface area contributed by atoms with Crippen LogP contribution in [-0.2, 0) is 9.53 Å². The minimum Gasteiger partial charge on any atom is -0.464 e. The highest BCUT2D eigenvalue weighted by atomic mass is 19.1. The predicted octanol–water partition coefficient (Wildman–Crippen LogP) is 1.64. The lowest BCUT2D eigenvalue weighted by atomic mass is 9.86. The molecule has 1 heterocycles. The Kier molecular flexibility index (Phi) is 3.43. The largest absolute Gasteiger partial charge is 0.464 e. The average Bonchev–Trinajstić information content (AvgIpc) is 2.74. The van der Waals surface area contributed by atoms with Crippen molar-refractivity contribution in [3.63, 3.8) is 0 Å². The molecule has 3 nitrogen and oxygen atoms in total. The van der Waals surface area contributed by atoms with Crippen LogP contribution in [0.1, 0.15) is 18.4 Å². The third-order valence-electron chi connectivity index (χ3n) is 3.10. The van der Waals surface area contributed by atoms with Gasteiger partial charge in [0.15, 0.2) is 0 Å². The lowest BCUT2D eigenvalue weighted by Gasteiger charge is -2.24. The quantitative estimate of drug-likeness (QED) is 0.812. The number of ether oxygens (including phenoxy) is 1. The lowest BCUT2D eigenvalue weighted by molar-refractivity contribution is -0.157. The second-order valence-corrected chi connectivity index (χ2v) is 4.18. The molecule has 1 aromatic rings. The summed E-state index contributed by atoms with van der Waals surface area (Å²) >= 11 is 0. The van der Waals surface area contributed by atoms with Crippen molar-refractivity contribution >= 4 is 5.97 Å². The van der Waals surface area contributed by atoms with Crippen LogP contribution in [0.5, 0.6) is 0 Å². The van der Waals surface area contributed by atoms with Crippen molar-refractivity contribution in [2.75, 3.05) is 19.7 Å². The average molecular weight is 237 g/mol. The standard InChI is InChI=1S/C13H16FNO2/c1-2-17-12(16)13(14)9-15-8-11(13)10-6-4-3-5-7-10/h3-7,11,15H,2,8-9H2,1H3. The number of hydrogen-bond acceptors (Lipinski definition) is 3. The van der Waals surface area contributed by atoms with E-state index >= 15 is 0 Å². The Bertz CT molecular complexity index is 396. The maximum absolute atomic E-state index is 14.7. The van der Waals surface area contributed by atoms with Crippen LogP contribution in [0.15, 0.2) is 30.3 Å². The molecule has 2 rings (SSSR count). The Morgan fingerprint density at radius 2 is 2.24 bits per heavy atom. The second kappa shape index (κ2) is 4.84.